The normalized spacial score (nSPS) is 11.5. The molecule has 0 unspecified atom stereocenters. The number of hydrogen-bond donors (Lipinski definition) is 1. The van der Waals surface area contributed by atoms with Crippen LogP contribution in [0.1, 0.15) is 30.0 Å². The molecule has 0 spiro atoms. The largest absolute Gasteiger partial charge is 0.372 e. The van der Waals surface area contributed by atoms with Gasteiger partial charge in [0.05, 0.1) is 19.0 Å². The Morgan fingerprint density at radius 3 is 2.30 bits per heavy atom. The van der Waals surface area contributed by atoms with Gasteiger partial charge in [0.15, 0.2) is 0 Å². The van der Waals surface area contributed by atoms with E-state index < -0.39 is 10.0 Å². The van der Waals surface area contributed by atoms with Crippen LogP contribution < -0.4 is 4.72 Å². The van der Waals surface area contributed by atoms with Crippen LogP contribution in [0.4, 0.5) is 0 Å². The summed E-state index contributed by atoms with van der Waals surface area (Å²) in [5.74, 6) is 0.160. The van der Waals surface area contributed by atoms with Crippen molar-refractivity contribution < 1.29 is 13.2 Å². The first-order chi connectivity index (χ1) is 11.1. The van der Waals surface area contributed by atoms with Crippen LogP contribution in [-0.4, -0.2) is 14.2 Å². The second-order valence-corrected chi connectivity index (χ2v) is 7.36. The third-order valence-electron chi connectivity index (χ3n) is 3.34. The number of benzene rings is 2. The summed E-state index contributed by atoms with van der Waals surface area (Å²) in [4.78, 5) is 0. The van der Waals surface area contributed by atoms with Crippen LogP contribution in [0, 0.1) is 0 Å². The van der Waals surface area contributed by atoms with E-state index in [2.05, 4.69) is 4.72 Å². The molecule has 0 saturated heterocycles. The van der Waals surface area contributed by atoms with E-state index in [4.69, 9.17) is 4.74 Å². The summed E-state index contributed by atoms with van der Waals surface area (Å²) in [6.07, 6.45) is 0.614. The summed E-state index contributed by atoms with van der Waals surface area (Å²) < 4.78 is 31.7. The van der Waals surface area contributed by atoms with Crippen molar-refractivity contribution >= 4 is 10.0 Å². The highest BCUT2D eigenvalue weighted by Gasteiger charge is 2.08. The van der Waals surface area contributed by atoms with Crippen LogP contribution in [0.3, 0.4) is 0 Å². The highest BCUT2D eigenvalue weighted by atomic mass is 32.2. The lowest BCUT2D eigenvalue weighted by atomic mass is 10.1. The van der Waals surface area contributed by atoms with Crippen LogP contribution in [-0.2, 0) is 34.5 Å². The Kier molecular flexibility index (Phi) is 6.77. The Bertz CT molecular complexity index is 699. The van der Waals surface area contributed by atoms with Gasteiger partial charge in [-0.1, -0.05) is 61.5 Å². The van der Waals surface area contributed by atoms with Gasteiger partial charge in [-0.05, 0) is 23.1 Å². The highest BCUT2D eigenvalue weighted by Crippen LogP contribution is 2.09. The summed E-state index contributed by atoms with van der Waals surface area (Å²) in [7, 11) is -3.18. The number of rotatable bonds is 9. The molecule has 0 bridgehead atoms. The van der Waals surface area contributed by atoms with Crippen LogP contribution in [0.2, 0.25) is 0 Å². The zero-order chi connectivity index (χ0) is 16.5. The van der Waals surface area contributed by atoms with Crippen LogP contribution >= 0.6 is 0 Å². The van der Waals surface area contributed by atoms with Crippen molar-refractivity contribution in [1.29, 1.82) is 0 Å². The summed E-state index contributed by atoms with van der Waals surface area (Å²) >= 11 is 0. The SMILES string of the molecule is CCCS(=O)(=O)NCc1cccc(COCc2ccccc2)c1. The minimum absolute atomic E-state index is 0.160. The number of nitrogens with one attached hydrogen (secondary N) is 1. The maximum absolute atomic E-state index is 11.7. The molecule has 0 aliphatic carbocycles. The molecule has 0 aliphatic heterocycles. The molecule has 2 aromatic rings. The smallest absolute Gasteiger partial charge is 0.211 e. The quantitative estimate of drug-likeness (QED) is 0.766. The summed E-state index contributed by atoms with van der Waals surface area (Å²) in [6, 6.07) is 17.8. The molecule has 0 radical (unpaired) electrons. The molecule has 0 saturated carbocycles. The van der Waals surface area contributed by atoms with Crippen molar-refractivity contribution in [1.82, 2.24) is 4.72 Å². The van der Waals surface area contributed by atoms with Crippen molar-refractivity contribution in [3.63, 3.8) is 0 Å². The van der Waals surface area contributed by atoms with Gasteiger partial charge in [-0.2, -0.15) is 0 Å². The topological polar surface area (TPSA) is 55.4 Å². The molecule has 0 aromatic heterocycles. The van der Waals surface area contributed by atoms with E-state index in [9.17, 15) is 8.42 Å². The lowest BCUT2D eigenvalue weighted by Gasteiger charge is -2.08. The Balaban J connectivity index is 1.85. The Labute approximate surface area is 138 Å². The van der Waals surface area contributed by atoms with Crippen molar-refractivity contribution in [2.75, 3.05) is 5.75 Å². The minimum atomic E-state index is -3.18. The molecule has 0 atom stereocenters. The maximum atomic E-state index is 11.7. The van der Waals surface area contributed by atoms with E-state index in [0.717, 1.165) is 16.7 Å². The third-order valence-corrected chi connectivity index (χ3v) is 4.87. The average Bonchev–Trinajstić information content (AvgIpc) is 2.55. The van der Waals surface area contributed by atoms with E-state index in [1.165, 1.54) is 0 Å². The van der Waals surface area contributed by atoms with Gasteiger partial charge in [-0.25, -0.2) is 13.1 Å². The van der Waals surface area contributed by atoms with Gasteiger partial charge in [0.2, 0.25) is 10.0 Å². The fourth-order valence-electron chi connectivity index (χ4n) is 2.22. The van der Waals surface area contributed by atoms with Crippen LogP contribution in [0.5, 0.6) is 0 Å². The predicted molar refractivity (Wildman–Crippen MR) is 92.3 cm³/mol. The molecule has 23 heavy (non-hydrogen) atoms. The van der Waals surface area contributed by atoms with Gasteiger partial charge < -0.3 is 4.74 Å². The van der Waals surface area contributed by atoms with Crippen molar-refractivity contribution in [2.45, 2.75) is 33.1 Å². The Morgan fingerprint density at radius 1 is 0.913 bits per heavy atom. The monoisotopic (exact) mass is 333 g/mol. The molecule has 0 aliphatic rings. The van der Waals surface area contributed by atoms with Gasteiger partial charge in [0.1, 0.15) is 0 Å². The fraction of sp³-hybridized carbons (Fsp3) is 0.333. The minimum Gasteiger partial charge on any atom is -0.372 e. The van der Waals surface area contributed by atoms with Gasteiger partial charge in [-0.3, -0.25) is 0 Å². The molecule has 0 fully saturated rings. The predicted octanol–water partition coefficient (Wildman–Crippen LogP) is 3.23. The molecule has 0 amide bonds. The fourth-order valence-corrected chi connectivity index (χ4v) is 3.29. The lowest BCUT2D eigenvalue weighted by Crippen LogP contribution is -2.25. The number of ether oxygens (including phenoxy) is 1. The molecule has 2 aromatic carbocycles. The molecule has 0 heterocycles. The standard InChI is InChI=1S/C18H23NO3S/c1-2-11-23(20,21)19-13-17-9-6-10-18(12-17)15-22-14-16-7-4-3-5-8-16/h3-10,12,19H,2,11,13-15H2,1H3. The Hall–Kier alpha value is -1.69. The molecule has 4 nitrogen and oxygen atoms in total. The van der Waals surface area contributed by atoms with Crippen molar-refractivity contribution in [3.05, 3.63) is 71.3 Å². The first-order valence-corrected chi connectivity index (χ1v) is 9.41. The number of hydrogen-bond acceptors (Lipinski definition) is 3. The van der Waals surface area contributed by atoms with E-state index in [1.807, 2.05) is 61.5 Å². The van der Waals surface area contributed by atoms with Crippen LogP contribution in [0.15, 0.2) is 54.6 Å². The van der Waals surface area contributed by atoms with E-state index in [0.29, 0.717) is 26.2 Å². The molecular formula is C18H23NO3S. The Morgan fingerprint density at radius 2 is 1.57 bits per heavy atom. The second-order valence-electron chi connectivity index (χ2n) is 5.44. The molecule has 5 heteroatoms. The lowest BCUT2D eigenvalue weighted by molar-refractivity contribution is 0.107. The van der Waals surface area contributed by atoms with Gasteiger partial charge in [-0.15, -0.1) is 0 Å². The van der Waals surface area contributed by atoms with E-state index in [-0.39, 0.29) is 5.75 Å². The first kappa shape index (κ1) is 17.7. The average molecular weight is 333 g/mol. The molecular weight excluding hydrogens is 310 g/mol. The number of sulfonamides is 1. The van der Waals surface area contributed by atoms with E-state index in [1.54, 1.807) is 0 Å². The summed E-state index contributed by atoms with van der Waals surface area (Å²) in [5.41, 5.74) is 3.11. The molecule has 1 N–H and O–H groups in total. The first-order valence-electron chi connectivity index (χ1n) is 7.76. The highest BCUT2D eigenvalue weighted by molar-refractivity contribution is 7.89. The maximum Gasteiger partial charge on any atom is 0.211 e. The zero-order valence-corrected chi connectivity index (χ0v) is 14.2. The van der Waals surface area contributed by atoms with Crippen molar-refractivity contribution in [2.24, 2.45) is 0 Å². The van der Waals surface area contributed by atoms with Crippen molar-refractivity contribution in [3.8, 4) is 0 Å². The van der Waals surface area contributed by atoms with Gasteiger partial charge in [0, 0.05) is 6.54 Å². The van der Waals surface area contributed by atoms with Crippen LogP contribution in [0.25, 0.3) is 0 Å². The van der Waals surface area contributed by atoms with Gasteiger partial charge >= 0.3 is 0 Å². The third kappa shape index (κ3) is 6.52. The van der Waals surface area contributed by atoms with E-state index >= 15 is 0 Å². The second kappa shape index (κ2) is 8.82. The summed E-state index contributed by atoms with van der Waals surface area (Å²) in [5, 5.41) is 0. The molecule has 2 rings (SSSR count). The van der Waals surface area contributed by atoms with Gasteiger partial charge in [0.25, 0.3) is 0 Å². The molecule has 124 valence electrons. The zero-order valence-electron chi connectivity index (χ0n) is 13.4. The summed E-state index contributed by atoms with van der Waals surface area (Å²) in [6.45, 7) is 3.23.